The molecule has 1 amide bonds. The quantitative estimate of drug-likeness (QED) is 0.899. The Hall–Kier alpha value is -1.06. The number of nitrogens with two attached hydrogens (primary N) is 1. The highest BCUT2D eigenvalue weighted by Crippen LogP contribution is 2.47. The van der Waals surface area contributed by atoms with E-state index >= 15 is 0 Å². The van der Waals surface area contributed by atoms with Crippen LogP contribution in [-0.4, -0.2) is 11.9 Å². The minimum Gasteiger partial charge on any atom is -0.352 e. The van der Waals surface area contributed by atoms with Crippen LogP contribution in [-0.2, 0) is 11.3 Å². The van der Waals surface area contributed by atoms with Crippen LogP contribution in [0.3, 0.4) is 0 Å². The van der Waals surface area contributed by atoms with Crippen molar-refractivity contribution in [1.82, 2.24) is 5.32 Å². The third-order valence-corrected chi connectivity index (χ3v) is 5.00. The van der Waals surface area contributed by atoms with Gasteiger partial charge in [-0.25, -0.2) is 0 Å². The number of hydrogen-bond donors (Lipinski definition) is 2. The van der Waals surface area contributed by atoms with Crippen LogP contribution in [0.5, 0.6) is 0 Å². The highest BCUT2D eigenvalue weighted by Gasteiger charge is 2.48. The molecular formula is C16H23ClN2O. The highest BCUT2D eigenvalue weighted by atomic mass is 35.5. The first-order valence-corrected chi connectivity index (χ1v) is 7.24. The predicted octanol–water partition coefficient (Wildman–Crippen LogP) is 2.41. The minimum atomic E-state index is 0. The first-order chi connectivity index (χ1) is 9.16. The highest BCUT2D eigenvalue weighted by molar-refractivity contribution is 5.85. The lowest BCUT2D eigenvalue weighted by Crippen LogP contribution is -2.45. The summed E-state index contributed by atoms with van der Waals surface area (Å²) in [5, 5.41) is 3.08. The second-order valence-corrected chi connectivity index (χ2v) is 6.08. The normalized spacial score (nSPS) is 30.9. The Morgan fingerprint density at radius 1 is 1.30 bits per heavy atom. The summed E-state index contributed by atoms with van der Waals surface area (Å²) in [5.74, 6) is 1.31. The van der Waals surface area contributed by atoms with Gasteiger partial charge in [0.2, 0.25) is 5.91 Å². The number of carbonyl (C=O) groups excluding carboxylic acids is 1. The number of rotatable bonds is 3. The molecule has 110 valence electrons. The van der Waals surface area contributed by atoms with E-state index in [0.29, 0.717) is 18.4 Å². The van der Waals surface area contributed by atoms with E-state index in [0.717, 1.165) is 6.42 Å². The summed E-state index contributed by atoms with van der Waals surface area (Å²) in [6, 6.07) is 8.25. The number of carbonyl (C=O) groups is 1. The topological polar surface area (TPSA) is 55.1 Å². The molecule has 0 aliphatic heterocycles. The maximum atomic E-state index is 12.3. The van der Waals surface area contributed by atoms with Crippen LogP contribution in [0.2, 0.25) is 0 Å². The van der Waals surface area contributed by atoms with Crippen molar-refractivity contribution in [2.45, 2.75) is 38.8 Å². The molecule has 3 rings (SSSR count). The van der Waals surface area contributed by atoms with Crippen molar-refractivity contribution >= 4 is 18.3 Å². The van der Waals surface area contributed by atoms with Crippen LogP contribution >= 0.6 is 12.4 Å². The van der Waals surface area contributed by atoms with Gasteiger partial charge in [0.15, 0.2) is 0 Å². The Morgan fingerprint density at radius 2 is 2.00 bits per heavy atom. The lowest BCUT2D eigenvalue weighted by molar-refractivity contribution is -0.127. The molecule has 2 aliphatic rings. The molecule has 0 spiro atoms. The van der Waals surface area contributed by atoms with Crippen molar-refractivity contribution in [3.8, 4) is 0 Å². The summed E-state index contributed by atoms with van der Waals surface area (Å²) >= 11 is 0. The molecule has 2 aliphatic carbocycles. The predicted molar refractivity (Wildman–Crippen MR) is 82.6 cm³/mol. The van der Waals surface area contributed by atoms with E-state index in [1.807, 2.05) is 12.1 Å². The van der Waals surface area contributed by atoms with E-state index in [9.17, 15) is 4.79 Å². The number of aryl methyl sites for hydroxylation is 1. The SMILES string of the molecule is Cc1ccccc1CNC(=O)C1C2CCC(C2)C1N.Cl. The number of nitrogens with one attached hydrogen (secondary N) is 1. The molecule has 0 heterocycles. The minimum absolute atomic E-state index is 0. The van der Waals surface area contributed by atoms with Gasteiger partial charge in [0.25, 0.3) is 0 Å². The first kappa shape index (κ1) is 15.3. The second-order valence-electron chi connectivity index (χ2n) is 6.08. The zero-order chi connectivity index (χ0) is 13.4. The molecule has 20 heavy (non-hydrogen) atoms. The number of benzene rings is 1. The Balaban J connectivity index is 0.00000147. The van der Waals surface area contributed by atoms with Crippen LogP contribution in [0.4, 0.5) is 0 Å². The van der Waals surface area contributed by atoms with Gasteiger partial charge in [-0.05, 0) is 49.1 Å². The lowest BCUT2D eigenvalue weighted by Gasteiger charge is -2.27. The standard InChI is InChI=1S/C16H22N2O.ClH/c1-10-4-2-3-5-13(10)9-18-16(19)14-11-6-7-12(8-11)15(14)17;/h2-5,11-12,14-15H,6-9,17H2,1H3,(H,18,19);1H. The van der Waals surface area contributed by atoms with Crippen LogP contribution in [0.1, 0.15) is 30.4 Å². The van der Waals surface area contributed by atoms with Gasteiger partial charge in [-0.2, -0.15) is 0 Å². The summed E-state index contributed by atoms with van der Waals surface area (Å²) in [6.07, 6.45) is 3.55. The van der Waals surface area contributed by atoms with Gasteiger partial charge in [-0.1, -0.05) is 24.3 Å². The molecule has 0 aromatic heterocycles. The van der Waals surface area contributed by atoms with Crippen molar-refractivity contribution in [1.29, 1.82) is 0 Å². The molecule has 4 heteroatoms. The van der Waals surface area contributed by atoms with Gasteiger partial charge in [0.05, 0.1) is 5.92 Å². The second kappa shape index (κ2) is 6.15. The van der Waals surface area contributed by atoms with Gasteiger partial charge in [0, 0.05) is 12.6 Å². The fourth-order valence-electron chi connectivity index (χ4n) is 3.83. The molecule has 2 fully saturated rings. The maximum Gasteiger partial charge on any atom is 0.225 e. The molecule has 4 unspecified atom stereocenters. The molecule has 3 N–H and O–H groups in total. The Kier molecular flexibility index (Phi) is 4.71. The molecule has 4 atom stereocenters. The number of fused-ring (bicyclic) bond motifs is 2. The van der Waals surface area contributed by atoms with Crippen molar-refractivity contribution < 1.29 is 4.79 Å². The van der Waals surface area contributed by atoms with E-state index in [1.165, 1.54) is 24.0 Å². The largest absolute Gasteiger partial charge is 0.352 e. The fourth-order valence-corrected chi connectivity index (χ4v) is 3.83. The average Bonchev–Trinajstić information content (AvgIpc) is 2.98. The molecule has 0 radical (unpaired) electrons. The van der Waals surface area contributed by atoms with Crippen LogP contribution in [0.15, 0.2) is 24.3 Å². The van der Waals surface area contributed by atoms with E-state index in [2.05, 4.69) is 24.4 Å². The lowest BCUT2D eigenvalue weighted by atomic mass is 9.84. The van der Waals surface area contributed by atoms with Crippen LogP contribution in [0, 0.1) is 24.7 Å². The molecule has 1 aromatic carbocycles. The number of amides is 1. The van der Waals surface area contributed by atoms with Gasteiger partial charge in [0.1, 0.15) is 0 Å². The molecule has 3 nitrogen and oxygen atoms in total. The van der Waals surface area contributed by atoms with Gasteiger partial charge in [-0.15, -0.1) is 12.4 Å². The summed E-state index contributed by atoms with van der Waals surface area (Å²) in [6.45, 7) is 2.69. The van der Waals surface area contributed by atoms with Gasteiger partial charge < -0.3 is 11.1 Å². The van der Waals surface area contributed by atoms with Crippen molar-refractivity contribution in [2.24, 2.45) is 23.5 Å². The fraction of sp³-hybridized carbons (Fsp3) is 0.562. The molecule has 2 bridgehead atoms. The third kappa shape index (κ3) is 2.70. The first-order valence-electron chi connectivity index (χ1n) is 7.24. The van der Waals surface area contributed by atoms with E-state index in [4.69, 9.17) is 5.73 Å². The Morgan fingerprint density at radius 3 is 2.65 bits per heavy atom. The van der Waals surface area contributed by atoms with Crippen molar-refractivity contribution in [3.63, 3.8) is 0 Å². The Bertz CT molecular complexity index is 489. The molecule has 0 saturated heterocycles. The average molecular weight is 295 g/mol. The van der Waals surface area contributed by atoms with E-state index < -0.39 is 0 Å². The monoisotopic (exact) mass is 294 g/mol. The zero-order valence-electron chi connectivity index (χ0n) is 11.8. The summed E-state index contributed by atoms with van der Waals surface area (Å²) in [5.41, 5.74) is 8.61. The number of halogens is 1. The molecular weight excluding hydrogens is 272 g/mol. The number of hydrogen-bond acceptors (Lipinski definition) is 2. The summed E-state index contributed by atoms with van der Waals surface area (Å²) < 4.78 is 0. The van der Waals surface area contributed by atoms with E-state index in [1.54, 1.807) is 0 Å². The zero-order valence-corrected chi connectivity index (χ0v) is 12.7. The Labute approximate surface area is 126 Å². The van der Waals surface area contributed by atoms with Crippen LogP contribution < -0.4 is 11.1 Å². The van der Waals surface area contributed by atoms with Crippen LogP contribution in [0.25, 0.3) is 0 Å². The van der Waals surface area contributed by atoms with Gasteiger partial charge in [-0.3, -0.25) is 4.79 Å². The van der Waals surface area contributed by atoms with Crippen molar-refractivity contribution in [2.75, 3.05) is 0 Å². The maximum absolute atomic E-state index is 12.3. The van der Waals surface area contributed by atoms with Crippen molar-refractivity contribution in [3.05, 3.63) is 35.4 Å². The smallest absolute Gasteiger partial charge is 0.225 e. The summed E-state index contributed by atoms with van der Waals surface area (Å²) in [7, 11) is 0. The summed E-state index contributed by atoms with van der Waals surface area (Å²) in [4.78, 5) is 12.3. The third-order valence-electron chi connectivity index (χ3n) is 5.00. The molecule has 2 saturated carbocycles. The van der Waals surface area contributed by atoms with E-state index in [-0.39, 0.29) is 30.3 Å². The van der Waals surface area contributed by atoms with Gasteiger partial charge >= 0.3 is 0 Å². The molecule has 1 aromatic rings.